The summed E-state index contributed by atoms with van der Waals surface area (Å²) in [7, 11) is 3.84. The lowest BCUT2D eigenvalue weighted by molar-refractivity contribution is -0.123. The average molecular weight is 340 g/mol. The van der Waals surface area contributed by atoms with Gasteiger partial charge in [0.2, 0.25) is 5.91 Å². The number of carbonyl (C=O) groups excluding carboxylic acids is 1. The second-order valence-corrected chi connectivity index (χ2v) is 6.34. The van der Waals surface area contributed by atoms with Crippen molar-refractivity contribution >= 4 is 34.0 Å². The second kappa shape index (κ2) is 7.58. The summed E-state index contributed by atoms with van der Waals surface area (Å²) in [6.07, 6.45) is -0.836. The van der Waals surface area contributed by atoms with E-state index < -0.39 is 6.10 Å². The molecule has 0 bridgehead atoms. The van der Waals surface area contributed by atoms with Crippen molar-refractivity contribution in [2.24, 2.45) is 0 Å². The molecule has 0 aliphatic heterocycles. The quantitative estimate of drug-likeness (QED) is 0.849. The van der Waals surface area contributed by atoms with Crippen LogP contribution in [0.25, 0.3) is 0 Å². The van der Waals surface area contributed by atoms with Crippen molar-refractivity contribution in [1.82, 2.24) is 10.3 Å². The van der Waals surface area contributed by atoms with Gasteiger partial charge >= 0.3 is 0 Å². The van der Waals surface area contributed by atoms with Gasteiger partial charge in [0.15, 0.2) is 5.13 Å². The van der Waals surface area contributed by atoms with Gasteiger partial charge in [0.05, 0.1) is 24.8 Å². The number of rotatable bonds is 6. The van der Waals surface area contributed by atoms with Crippen LogP contribution in [0.4, 0.5) is 5.13 Å². The molecule has 1 unspecified atom stereocenters. The maximum absolute atomic E-state index is 11.9. The zero-order valence-electron chi connectivity index (χ0n) is 12.4. The molecule has 2 rings (SSSR count). The van der Waals surface area contributed by atoms with Gasteiger partial charge in [-0.3, -0.25) is 4.79 Å². The molecule has 7 heteroatoms. The summed E-state index contributed by atoms with van der Waals surface area (Å²) in [4.78, 5) is 18.2. The highest BCUT2D eigenvalue weighted by molar-refractivity contribution is 7.13. The predicted octanol–water partition coefficient (Wildman–Crippen LogP) is 2.60. The number of benzene rings is 1. The number of nitrogens with zero attached hydrogens (tertiary/aromatic N) is 2. The summed E-state index contributed by atoms with van der Waals surface area (Å²) in [5, 5.41) is 16.2. The van der Waals surface area contributed by atoms with Crippen molar-refractivity contribution in [3.05, 3.63) is 45.9 Å². The van der Waals surface area contributed by atoms with E-state index in [1.54, 1.807) is 24.3 Å². The zero-order valence-corrected chi connectivity index (χ0v) is 14.0. The maximum atomic E-state index is 11.9. The number of thiazole rings is 1. The van der Waals surface area contributed by atoms with Gasteiger partial charge in [-0.2, -0.15) is 0 Å². The molecule has 0 radical (unpaired) electrons. The number of aliphatic hydroxyl groups is 1. The third kappa shape index (κ3) is 4.69. The van der Waals surface area contributed by atoms with Crippen molar-refractivity contribution in [3.63, 3.8) is 0 Å². The molecular weight excluding hydrogens is 322 g/mol. The minimum Gasteiger partial charge on any atom is -0.388 e. The standard InChI is InChI=1S/C15H18ClN3O2S/c1-19(2)15-18-12(9-22-15)8-17-14(21)7-13(20)10-3-5-11(16)6-4-10/h3-6,9,13,20H,7-8H2,1-2H3,(H,17,21). The van der Waals surface area contributed by atoms with E-state index in [9.17, 15) is 9.90 Å². The second-order valence-electron chi connectivity index (χ2n) is 5.06. The molecule has 2 N–H and O–H groups in total. The molecule has 0 aliphatic rings. The molecule has 1 aromatic carbocycles. The SMILES string of the molecule is CN(C)c1nc(CNC(=O)CC(O)c2ccc(Cl)cc2)cs1. The molecule has 1 amide bonds. The Kier molecular flexibility index (Phi) is 5.76. The van der Waals surface area contributed by atoms with Crippen LogP contribution < -0.4 is 10.2 Å². The Morgan fingerprint density at radius 2 is 2.09 bits per heavy atom. The number of hydrogen-bond donors (Lipinski definition) is 2. The Labute approximate surface area is 138 Å². The first-order valence-corrected chi connectivity index (χ1v) is 8.03. The fourth-order valence-corrected chi connectivity index (χ4v) is 2.71. The Morgan fingerprint density at radius 3 is 2.68 bits per heavy atom. The Morgan fingerprint density at radius 1 is 1.41 bits per heavy atom. The lowest BCUT2D eigenvalue weighted by Gasteiger charge is -2.11. The van der Waals surface area contributed by atoms with E-state index in [2.05, 4.69) is 10.3 Å². The summed E-state index contributed by atoms with van der Waals surface area (Å²) < 4.78 is 0. The number of aliphatic hydroxyl groups excluding tert-OH is 1. The normalized spacial score (nSPS) is 12.0. The van der Waals surface area contributed by atoms with E-state index in [0.29, 0.717) is 17.1 Å². The molecule has 1 atom stereocenters. The van der Waals surface area contributed by atoms with Crippen LogP contribution >= 0.6 is 22.9 Å². The van der Waals surface area contributed by atoms with Crippen LogP contribution in [0.3, 0.4) is 0 Å². The maximum Gasteiger partial charge on any atom is 0.223 e. The van der Waals surface area contributed by atoms with Crippen molar-refractivity contribution in [2.75, 3.05) is 19.0 Å². The zero-order chi connectivity index (χ0) is 16.1. The Bertz CT molecular complexity index is 628. The van der Waals surface area contributed by atoms with Crippen LogP contribution in [0.2, 0.25) is 5.02 Å². The molecule has 0 spiro atoms. The van der Waals surface area contributed by atoms with Gasteiger partial charge in [-0.25, -0.2) is 4.98 Å². The van der Waals surface area contributed by atoms with Gasteiger partial charge < -0.3 is 15.3 Å². The number of aromatic nitrogens is 1. The van der Waals surface area contributed by atoms with Crippen LogP contribution in [-0.2, 0) is 11.3 Å². The van der Waals surface area contributed by atoms with Gasteiger partial charge in [0, 0.05) is 24.5 Å². The molecule has 118 valence electrons. The summed E-state index contributed by atoms with van der Waals surface area (Å²) in [5.41, 5.74) is 1.48. The van der Waals surface area contributed by atoms with Crippen molar-refractivity contribution in [2.45, 2.75) is 19.1 Å². The van der Waals surface area contributed by atoms with E-state index >= 15 is 0 Å². The van der Waals surface area contributed by atoms with Gasteiger partial charge in [0.1, 0.15) is 0 Å². The smallest absolute Gasteiger partial charge is 0.223 e. The van der Waals surface area contributed by atoms with E-state index in [4.69, 9.17) is 11.6 Å². The van der Waals surface area contributed by atoms with Gasteiger partial charge in [-0.15, -0.1) is 11.3 Å². The van der Waals surface area contributed by atoms with E-state index in [1.165, 1.54) is 11.3 Å². The number of halogens is 1. The molecule has 1 heterocycles. The lowest BCUT2D eigenvalue weighted by Crippen LogP contribution is -2.24. The van der Waals surface area contributed by atoms with E-state index in [-0.39, 0.29) is 12.3 Å². The molecule has 0 saturated heterocycles. The minimum absolute atomic E-state index is 0.00626. The number of nitrogens with one attached hydrogen (secondary N) is 1. The molecular formula is C15H18ClN3O2S. The highest BCUT2D eigenvalue weighted by Gasteiger charge is 2.13. The van der Waals surface area contributed by atoms with Gasteiger partial charge in [-0.05, 0) is 17.7 Å². The van der Waals surface area contributed by atoms with Crippen LogP contribution in [0.1, 0.15) is 23.8 Å². The highest BCUT2D eigenvalue weighted by Crippen LogP contribution is 2.20. The van der Waals surface area contributed by atoms with E-state index in [0.717, 1.165) is 10.8 Å². The number of amides is 1. The topological polar surface area (TPSA) is 65.5 Å². The molecule has 0 fully saturated rings. The third-order valence-electron chi connectivity index (χ3n) is 3.02. The van der Waals surface area contributed by atoms with E-state index in [1.807, 2.05) is 24.4 Å². The number of carbonyl (C=O) groups is 1. The fourth-order valence-electron chi connectivity index (χ4n) is 1.82. The first-order chi connectivity index (χ1) is 10.5. The first kappa shape index (κ1) is 16.7. The molecule has 0 saturated carbocycles. The predicted molar refractivity (Wildman–Crippen MR) is 89.3 cm³/mol. The molecule has 1 aromatic heterocycles. The largest absolute Gasteiger partial charge is 0.388 e. The summed E-state index contributed by atoms with van der Waals surface area (Å²) in [6.45, 7) is 0.358. The minimum atomic E-state index is -0.843. The number of hydrogen-bond acceptors (Lipinski definition) is 5. The summed E-state index contributed by atoms with van der Waals surface area (Å²) in [6, 6.07) is 6.81. The van der Waals surface area contributed by atoms with Gasteiger partial charge in [0.25, 0.3) is 0 Å². The van der Waals surface area contributed by atoms with Crippen LogP contribution in [-0.4, -0.2) is 30.1 Å². The van der Waals surface area contributed by atoms with Crippen molar-refractivity contribution in [3.8, 4) is 0 Å². The average Bonchev–Trinajstić information content (AvgIpc) is 2.95. The summed E-state index contributed by atoms with van der Waals surface area (Å²) in [5.74, 6) is -0.221. The highest BCUT2D eigenvalue weighted by atomic mass is 35.5. The Balaban J connectivity index is 1.83. The van der Waals surface area contributed by atoms with Crippen molar-refractivity contribution in [1.29, 1.82) is 0 Å². The Hall–Kier alpha value is -1.63. The van der Waals surface area contributed by atoms with Gasteiger partial charge in [-0.1, -0.05) is 23.7 Å². The fraction of sp³-hybridized carbons (Fsp3) is 0.333. The third-order valence-corrected chi connectivity index (χ3v) is 4.33. The molecule has 5 nitrogen and oxygen atoms in total. The van der Waals surface area contributed by atoms with Crippen LogP contribution in [0.5, 0.6) is 0 Å². The van der Waals surface area contributed by atoms with Crippen LogP contribution in [0.15, 0.2) is 29.6 Å². The number of anilines is 1. The lowest BCUT2D eigenvalue weighted by atomic mass is 10.1. The van der Waals surface area contributed by atoms with Crippen LogP contribution in [0, 0.1) is 0 Å². The first-order valence-electron chi connectivity index (χ1n) is 6.77. The van der Waals surface area contributed by atoms with Crippen molar-refractivity contribution < 1.29 is 9.90 Å². The monoisotopic (exact) mass is 339 g/mol. The summed E-state index contributed by atoms with van der Waals surface area (Å²) >= 11 is 7.32. The molecule has 2 aromatic rings. The molecule has 0 aliphatic carbocycles. The molecule has 22 heavy (non-hydrogen) atoms.